The molecule has 1 saturated heterocycles. The molecule has 0 bridgehead atoms. The molecule has 7 nitrogen and oxygen atoms in total. The van der Waals surface area contributed by atoms with Crippen molar-refractivity contribution in [2.75, 3.05) is 6.54 Å². The molecule has 0 aromatic carbocycles. The molecule has 1 saturated carbocycles. The molecule has 2 aliphatic rings. The first-order chi connectivity index (χ1) is 13.2. The van der Waals surface area contributed by atoms with Crippen molar-refractivity contribution < 1.29 is 14.7 Å². The lowest BCUT2D eigenvalue weighted by atomic mass is 9.85. The molecular weight excluding hydrogens is 356 g/mol. The minimum absolute atomic E-state index is 0.0181. The fourth-order valence-electron chi connectivity index (χ4n) is 4.18. The number of hydrogen-bond acceptors (Lipinski definition) is 5. The number of aliphatic hydroxyl groups is 1. The third-order valence-corrected chi connectivity index (χ3v) is 5.75. The quantitative estimate of drug-likeness (QED) is 0.528. The highest BCUT2D eigenvalue weighted by Crippen LogP contribution is 2.26. The lowest BCUT2D eigenvalue weighted by molar-refractivity contribution is -0.132. The molecule has 0 spiro atoms. The van der Waals surface area contributed by atoms with Gasteiger partial charge in [-0.25, -0.2) is 0 Å². The zero-order chi connectivity index (χ0) is 20.7. The largest absolute Gasteiger partial charge is 0.378 e. The van der Waals surface area contributed by atoms with Crippen LogP contribution in [-0.4, -0.2) is 41.8 Å². The topological polar surface area (TPSA) is 114 Å². The predicted octanol–water partition coefficient (Wildman–Crippen LogP) is 1.81. The Hall–Kier alpha value is -1.65. The lowest BCUT2D eigenvalue weighted by Gasteiger charge is -2.29. The van der Waals surface area contributed by atoms with Crippen LogP contribution in [0, 0.1) is 28.6 Å². The number of carbonyl (C=O) groups excluding carboxylic acids is 2. The van der Waals surface area contributed by atoms with Crippen molar-refractivity contribution in [1.82, 2.24) is 16.0 Å². The molecule has 1 unspecified atom stereocenters. The molecule has 1 aliphatic carbocycles. The van der Waals surface area contributed by atoms with Crippen molar-refractivity contribution in [3.05, 3.63) is 0 Å². The molecule has 4 N–H and O–H groups in total. The summed E-state index contributed by atoms with van der Waals surface area (Å²) in [7, 11) is 0. The Bertz CT molecular complexity index is 575. The smallest absolute Gasteiger partial charge is 0.243 e. The van der Waals surface area contributed by atoms with Gasteiger partial charge in [0.05, 0.1) is 6.07 Å². The second-order valence-electron chi connectivity index (χ2n) is 9.53. The number of amides is 2. The van der Waals surface area contributed by atoms with Gasteiger partial charge in [0.1, 0.15) is 18.3 Å². The van der Waals surface area contributed by atoms with Crippen molar-refractivity contribution in [3.63, 3.8) is 0 Å². The van der Waals surface area contributed by atoms with E-state index in [0.29, 0.717) is 19.4 Å². The summed E-state index contributed by atoms with van der Waals surface area (Å²) >= 11 is 0. The van der Waals surface area contributed by atoms with Crippen LogP contribution in [0.5, 0.6) is 0 Å². The van der Waals surface area contributed by atoms with Crippen LogP contribution in [0.2, 0.25) is 0 Å². The predicted molar refractivity (Wildman–Crippen MR) is 107 cm³/mol. The fourth-order valence-corrected chi connectivity index (χ4v) is 4.18. The SMILES string of the molecule is CC(C)(C)C[C@H](NC(=O)C1CCCCC1)C(=O)N[C@@H](C#N)C[C@@H]1CCNC1O. The van der Waals surface area contributed by atoms with Crippen LogP contribution in [0.15, 0.2) is 0 Å². The van der Waals surface area contributed by atoms with E-state index in [-0.39, 0.29) is 29.1 Å². The van der Waals surface area contributed by atoms with Gasteiger partial charge in [0, 0.05) is 11.8 Å². The summed E-state index contributed by atoms with van der Waals surface area (Å²) in [6.07, 6.45) is 6.08. The van der Waals surface area contributed by atoms with Crippen molar-refractivity contribution in [2.24, 2.45) is 17.3 Å². The van der Waals surface area contributed by atoms with Crippen LogP contribution in [0.4, 0.5) is 0 Å². The number of hydrogen-bond donors (Lipinski definition) is 4. The van der Waals surface area contributed by atoms with Gasteiger partial charge in [0.2, 0.25) is 11.8 Å². The van der Waals surface area contributed by atoms with Gasteiger partial charge in [0.15, 0.2) is 0 Å². The third kappa shape index (κ3) is 7.06. The molecule has 0 radical (unpaired) electrons. The van der Waals surface area contributed by atoms with E-state index in [1.807, 2.05) is 20.8 Å². The van der Waals surface area contributed by atoms with E-state index in [0.717, 1.165) is 32.1 Å². The van der Waals surface area contributed by atoms with E-state index >= 15 is 0 Å². The second-order valence-corrected chi connectivity index (χ2v) is 9.53. The first-order valence-electron chi connectivity index (χ1n) is 10.6. The minimum Gasteiger partial charge on any atom is -0.378 e. The van der Waals surface area contributed by atoms with Gasteiger partial charge >= 0.3 is 0 Å². The normalized spacial score (nSPS) is 25.5. The Morgan fingerprint density at radius 2 is 1.86 bits per heavy atom. The Morgan fingerprint density at radius 1 is 1.18 bits per heavy atom. The van der Waals surface area contributed by atoms with Crippen LogP contribution in [0.25, 0.3) is 0 Å². The Morgan fingerprint density at radius 3 is 2.39 bits per heavy atom. The summed E-state index contributed by atoms with van der Waals surface area (Å²) in [5.41, 5.74) is -0.143. The monoisotopic (exact) mass is 392 g/mol. The summed E-state index contributed by atoms with van der Waals surface area (Å²) in [4.78, 5) is 25.6. The third-order valence-electron chi connectivity index (χ3n) is 5.75. The fraction of sp³-hybridized carbons (Fsp3) is 0.857. The van der Waals surface area contributed by atoms with Crippen molar-refractivity contribution >= 4 is 11.8 Å². The van der Waals surface area contributed by atoms with Gasteiger partial charge in [0.25, 0.3) is 0 Å². The molecule has 158 valence electrons. The van der Waals surface area contributed by atoms with Gasteiger partial charge in [-0.15, -0.1) is 0 Å². The molecule has 2 fully saturated rings. The molecular formula is C21H36N4O3. The zero-order valence-electron chi connectivity index (χ0n) is 17.5. The van der Waals surface area contributed by atoms with Gasteiger partial charge in [-0.1, -0.05) is 40.0 Å². The van der Waals surface area contributed by atoms with Gasteiger partial charge < -0.3 is 15.7 Å². The summed E-state index contributed by atoms with van der Waals surface area (Å²) in [6, 6.07) is 0.796. The highest BCUT2D eigenvalue weighted by molar-refractivity contribution is 5.88. The van der Waals surface area contributed by atoms with Crippen LogP contribution in [0.3, 0.4) is 0 Å². The molecule has 0 aromatic rings. The standard InChI is InChI=1S/C21H36N4O3/c1-21(2,3)12-17(25-19(27)14-7-5-4-6-8-14)20(28)24-16(13-22)11-15-9-10-23-18(15)26/h14-18,23,26H,4-12H2,1-3H3,(H,24,28)(H,25,27)/t15-,16+,17-,18?/m0/s1. The van der Waals surface area contributed by atoms with Crippen LogP contribution >= 0.6 is 0 Å². The number of carbonyl (C=O) groups is 2. The summed E-state index contributed by atoms with van der Waals surface area (Å²) in [5, 5.41) is 28.1. The number of nitriles is 1. The van der Waals surface area contributed by atoms with E-state index in [1.54, 1.807) is 0 Å². The average molecular weight is 393 g/mol. The van der Waals surface area contributed by atoms with Gasteiger partial charge in [-0.2, -0.15) is 5.26 Å². The molecule has 2 amide bonds. The highest BCUT2D eigenvalue weighted by Gasteiger charge is 2.32. The van der Waals surface area contributed by atoms with Crippen LogP contribution in [-0.2, 0) is 9.59 Å². The van der Waals surface area contributed by atoms with Crippen molar-refractivity contribution in [1.29, 1.82) is 5.26 Å². The molecule has 7 heteroatoms. The Balaban J connectivity index is 1.98. The minimum atomic E-state index is -0.680. The van der Waals surface area contributed by atoms with Crippen LogP contribution in [0.1, 0.15) is 72.1 Å². The molecule has 2 rings (SSSR count). The Labute approximate surface area is 168 Å². The summed E-state index contributed by atoms with van der Waals surface area (Å²) in [5.74, 6) is -0.433. The van der Waals surface area contributed by atoms with Crippen molar-refractivity contribution in [2.45, 2.75) is 90.4 Å². The maximum absolute atomic E-state index is 12.9. The number of rotatable bonds is 7. The Kier molecular flexibility index (Phi) is 8.26. The van der Waals surface area contributed by atoms with Crippen molar-refractivity contribution in [3.8, 4) is 6.07 Å². The van der Waals surface area contributed by atoms with E-state index < -0.39 is 18.3 Å². The first-order valence-corrected chi connectivity index (χ1v) is 10.6. The summed E-state index contributed by atoms with van der Waals surface area (Å²) in [6.45, 7) is 6.80. The van der Waals surface area contributed by atoms with Crippen LogP contribution < -0.4 is 16.0 Å². The van der Waals surface area contributed by atoms with E-state index in [2.05, 4.69) is 22.0 Å². The average Bonchev–Trinajstić information content (AvgIpc) is 3.04. The number of nitrogens with one attached hydrogen (secondary N) is 3. The van der Waals surface area contributed by atoms with E-state index in [4.69, 9.17) is 0 Å². The zero-order valence-corrected chi connectivity index (χ0v) is 17.5. The maximum atomic E-state index is 12.9. The molecule has 0 aromatic heterocycles. The summed E-state index contributed by atoms with van der Waals surface area (Å²) < 4.78 is 0. The lowest BCUT2D eigenvalue weighted by Crippen LogP contribution is -2.52. The van der Waals surface area contributed by atoms with Gasteiger partial charge in [-0.3, -0.25) is 14.9 Å². The molecule has 28 heavy (non-hydrogen) atoms. The first kappa shape index (κ1) is 22.6. The molecule has 1 heterocycles. The van der Waals surface area contributed by atoms with Gasteiger partial charge in [-0.05, 0) is 44.1 Å². The highest BCUT2D eigenvalue weighted by atomic mass is 16.3. The molecule has 4 atom stereocenters. The number of aliphatic hydroxyl groups excluding tert-OH is 1. The van der Waals surface area contributed by atoms with E-state index in [1.165, 1.54) is 6.42 Å². The van der Waals surface area contributed by atoms with E-state index in [9.17, 15) is 20.0 Å². The molecule has 1 aliphatic heterocycles. The second kappa shape index (κ2) is 10.2. The maximum Gasteiger partial charge on any atom is 0.243 e. The number of nitrogens with zero attached hydrogens (tertiary/aromatic N) is 1.